The summed E-state index contributed by atoms with van der Waals surface area (Å²) >= 11 is 1.61. The maximum Gasteiger partial charge on any atom is 0.323 e. The van der Waals surface area contributed by atoms with E-state index in [0.29, 0.717) is 0 Å². The third-order valence-corrected chi connectivity index (χ3v) is 3.72. The van der Waals surface area contributed by atoms with E-state index in [1.54, 1.807) is 11.3 Å². The second-order valence-electron chi connectivity index (χ2n) is 4.36. The van der Waals surface area contributed by atoms with Crippen molar-refractivity contribution in [3.63, 3.8) is 0 Å². The second-order valence-corrected chi connectivity index (χ2v) is 5.60. The van der Waals surface area contributed by atoms with Crippen LogP contribution in [0.5, 0.6) is 0 Å². The summed E-state index contributed by atoms with van der Waals surface area (Å²) in [6.45, 7) is 1.97. The molecule has 0 fully saturated rings. The molecule has 0 saturated carbocycles. The van der Waals surface area contributed by atoms with E-state index in [-0.39, 0.29) is 6.03 Å². The fourth-order valence-electron chi connectivity index (χ4n) is 1.93. The average Bonchev–Trinajstić information content (AvgIpc) is 2.79. The van der Waals surface area contributed by atoms with E-state index in [0.717, 1.165) is 26.6 Å². The highest BCUT2D eigenvalue weighted by Crippen LogP contribution is 2.24. The molecule has 1 heterocycles. The van der Waals surface area contributed by atoms with Gasteiger partial charge in [0.15, 0.2) is 0 Å². The van der Waals surface area contributed by atoms with Crippen LogP contribution in [0.15, 0.2) is 48.5 Å². The number of nitrogens with one attached hydrogen (secondary N) is 2. The zero-order chi connectivity index (χ0) is 13.9. The van der Waals surface area contributed by atoms with Gasteiger partial charge in [0, 0.05) is 11.4 Å². The van der Waals surface area contributed by atoms with E-state index < -0.39 is 0 Å². The first kappa shape index (κ1) is 12.6. The molecule has 0 saturated heterocycles. The first-order chi connectivity index (χ1) is 9.70. The fourth-order valence-corrected chi connectivity index (χ4v) is 2.80. The molecular formula is C15H13N3OS. The van der Waals surface area contributed by atoms with E-state index in [1.807, 2.05) is 55.5 Å². The summed E-state index contributed by atoms with van der Waals surface area (Å²) < 4.78 is 1.07. The Labute approximate surface area is 120 Å². The number of nitrogens with zero attached hydrogens (tertiary/aromatic N) is 1. The van der Waals surface area contributed by atoms with Crippen LogP contribution in [0.25, 0.3) is 10.2 Å². The van der Waals surface area contributed by atoms with Crippen molar-refractivity contribution < 1.29 is 4.79 Å². The molecule has 0 spiro atoms. The Morgan fingerprint density at radius 3 is 2.60 bits per heavy atom. The van der Waals surface area contributed by atoms with Gasteiger partial charge in [-0.3, -0.25) is 0 Å². The summed E-state index contributed by atoms with van der Waals surface area (Å²) in [5.41, 5.74) is 2.48. The molecule has 0 unspecified atom stereocenters. The van der Waals surface area contributed by atoms with Crippen LogP contribution in [0.4, 0.5) is 16.2 Å². The molecule has 20 heavy (non-hydrogen) atoms. The van der Waals surface area contributed by atoms with Crippen molar-refractivity contribution in [2.24, 2.45) is 0 Å². The van der Waals surface area contributed by atoms with E-state index in [9.17, 15) is 4.79 Å². The Morgan fingerprint density at radius 2 is 1.80 bits per heavy atom. The van der Waals surface area contributed by atoms with Crippen LogP contribution in [-0.4, -0.2) is 11.0 Å². The number of carbonyl (C=O) groups excluding carboxylic acids is 1. The number of hydrogen-bond acceptors (Lipinski definition) is 3. The van der Waals surface area contributed by atoms with Crippen LogP contribution in [0, 0.1) is 6.92 Å². The lowest BCUT2D eigenvalue weighted by Gasteiger charge is -2.07. The van der Waals surface area contributed by atoms with Crippen LogP contribution in [-0.2, 0) is 0 Å². The van der Waals surface area contributed by atoms with E-state index in [4.69, 9.17) is 0 Å². The van der Waals surface area contributed by atoms with Crippen molar-refractivity contribution in [1.82, 2.24) is 4.98 Å². The second kappa shape index (κ2) is 5.30. The van der Waals surface area contributed by atoms with Crippen LogP contribution in [0.2, 0.25) is 0 Å². The first-order valence-corrected chi connectivity index (χ1v) is 7.02. The molecule has 100 valence electrons. The minimum atomic E-state index is -0.253. The van der Waals surface area contributed by atoms with Gasteiger partial charge >= 0.3 is 6.03 Å². The van der Waals surface area contributed by atoms with Gasteiger partial charge < -0.3 is 10.6 Å². The predicted molar refractivity (Wildman–Crippen MR) is 83.4 cm³/mol. The highest BCUT2D eigenvalue weighted by molar-refractivity contribution is 7.18. The van der Waals surface area contributed by atoms with E-state index >= 15 is 0 Å². The molecule has 0 radical (unpaired) electrons. The molecule has 0 atom stereocenters. The number of rotatable bonds is 2. The molecule has 0 aliphatic carbocycles. The topological polar surface area (TPSA) is 54.0 Å². The number of aryl methyl sites for hydroxylation is 1. The fraction of sp³-hybridized carbons (Fsp3) is 0.0667. The zero-order valence-corrected chi connectivity index (χ0v) is 11.7. The first-order valence-electron chi connectivity index (χ1n) is 6.21. The third-order valence-electron chi connectivity index (χ3n) is 2.78. The molecule has 3 aromatic rings. The van der Waals surface area contributed by atoms with Crippen LogP contribution < -0.4 is 10.6 Å². The number of carbonyl (C=O) groups is 1. The minimum absolute atomic E-state index is 0.253. The Bertz CT molecular complexity index is 752. The molecule has 3 rings (SSSR count). The largest absolute Gasteiger partial charge is 0.323 e. The minimum Gasteiger partial charge on any atom is -0.308 e. The zero-order valence-electron chi connectivity index (χ0n) is 10.9. The monoisotopic (exact) mass is 283 g/mol. The van der Waals surface area contributed by atoms with Gasteiger partial charge in [-0.15, -0.1) is 11.3 Å². The summed E-state index contributed by atoms with van der Waals surface area (Å²) in [6, 6.07) is 14.8. The van der Waals surface area contributed by atoms with Gasteiger partial charge in [-0.1, -0.05) is 18.2 Å². The molecule has 2 aromatic carbocycles. The van der Waals surface area contributed by atoms with Gasteiger partial charge in [0.1, 0.15) is 0 Å². The lowest BCUT2D eigenvalue weighted by Crippen LogP contribution is -2.19. The van der Waals surface area contributed by atoms with Gasteiger partial charge in [-0.2, -0.15) is 0 Å². The van der Waals surface area contributed by atoms with Crippen LogP contribution in [0.1, 0.15) is 5.01 Å². The molecule has 0 aliphatic heterocycles. The maximum absolute atomic E-state index is 11.9. The number of thiazole rings is 1. The normalized spacial score (nSPS) is 10.4. The van der Waals surface area contributed by atoms with Crippen molar-refractivity contribution in [1.29, 1.82) is 0 Å². The van der Waals surface area contributed by atoms with Crippen LogP contribution in [0.3, 0.4) is 0 Å². The van der Waals surface area contributed by atoms with Gasteiger partial charge in [0.25, 0.3) is 0 Å². The Kier molecular flexibility index (Phi) is 3.35. The van der Waals surface area contributed by atoms with Crippen LogP contribution >= 0.6 is 11.3 Å². The van der Waals surface area contributed by atoms with Crippen molar-refractivity contribution in [2.45, 2.75) is 6.92 Å². The lowest BCUT2D eigenvalue weighted by atomic mass is 10.3. The van der Waals surface area contributed by atoms with E-state index in [2.05, 4.69) is 15.6 Å². The maximum atomic E-state index is 11.9. The number of amides is 2. The van der Waals surface area contributed by atoms with Crippen molar-refractivity contribution in [3.05, 3.63) is 53.5 Å². The molecule has 5 heteroatoms. The molecule has 4 nitrogen and oxygen atoms in total. The number of fused-ring (bicyclic) bond motifs is 1. The number of hydrogen-bond donors (Lipinski definition) is 2. The Morgan fingerprint density at radius 1 is 1.05 bits per heavy atom. The standard InChI is InChI=1S/C15H13N3OS/c1-10-16-13-8-7-12(9-14(13)20-10)18-15(19)17-11-5-3-2-4-6-11/h2-9H,1H3,(H2,17,18,19). The molecule has 0 aliphatic rings. The molecule has 0 bridgehead atoms. The number of aromatic nitrogens is 1. The number of para-hydroxylation sites is 1. The van der Waals surface area contributed by atoms with E-state index in [1.165, 1.54) is 0 Å². The number of benzene rings is 2. The summed E-state index contributed by atoms with van der Waals surface area (Å²) in [5, 5.41) is 6.62. The van der Waals surface area contributed by atoms with Gasteiger partial charge in [-0.05, 0) is 37.3 Å². The molecule has 2 N–H and O–H groups in total. The quantitative estimate of drug-likeness (QED) is 0.738. The van der Waals surface area contributed by atoms with Crippen molar-refractivity contribution in [3.8, 4) is 0 Å². The summed E-state index contributed by atoms with van der Waals surface area (Å²) in [7, 11) is 0. The Hall–Kier alpha value is -2.40. The number of anilines is 2. The van der Waals surface area contributed by atoms with Crippen molar-refractivity contribution in [2.75, 3.05) is 10.6 Å². The van der Waals surface area contributed by atoms with Gasteiger partial charge in [0.2, 0.25) is 0 Å². The smallest absolute Gasteiger partial charge is 0.308 e. The van der Waals surface area contributed by atoms with Gasteiger partial charge in [-0.25, -0.2) is 9.78 Å². The summed E-state index contributed by atoms with van der Waals surface area (Å²) in [6.07, 6.45) is 0. The predicted octanol–water partition coefficient (Wildman–Crippen LogP) is 4.25. The SMILES string of the molecule is Cc1nc2ccc(NC(=O)Nc3ccccc3)cc2s1. The van der Waals surface area contributed by atoms with Crippen molar-refractivity contribution >= 4 is 39.0 Å². The highest BCUT2D eigenvalue weighted by Gasteiger charge is 2.05. The highest BCUT2D eigenvalue weighted by atomic mass is 32.1. The Balaban J connectivity index is 1.74. The lowest BCUT2D eigenvalue weighted by molar-refractivity contribution is 0.262. The number of urea groups is 1. The summed E-state index contributed by atoms with van der Waals surface area (Å²) in [4.78, 5) is 16.3. The summed E-state index contributed by atoms with van der Waals surface area (Å²) in [5.74, 6) is 0. The molecule has 2 amide bonds. The third kappa shape index (κ3) is 2.78. The molecule has 1 aromatic heterocycles. The molecular weight excluding hydrogens is 270 g/mol. The van der Waals surface area contributed by atoms with Gasteiger partial charge in [0.05, 0.1) is 15.2 Å². The average molecular weight is 283 g/mol.